The molecule has 1 aliphatic heterocycles. The number of carbonyl (C=O) groups is 1. The van der Waals surface area contributed by atoms with Crippen molar-refractivity contribution >= 4 is 62.3 Å². The molecule has 3 N–H and O–H groups in total. The predicted molar refractivity (Wildman–Crippen MR) is 121 cm³/mol. The molecule has 10 heteroatoms. The number of thiophene rings is 1. The first-order valence-corrected chi connectivity index (χ1v) is 11.3. The minimum absolute atomic E-state index is 0.101. The van der Waals surface area contributed by atoms with Crippen molar-refractivity contribution in [1.29, 1.82) is 0 Å². The second-order valence-electron chi connectivity index (χ2n) is 7.37. The molecule has 30 heavy (non-hydrogen) atoms. The van der Waals surface area contributed by atoms with Gasteiger partial charge in [0.2, 0.25) is 5.95 Å². The van der Waals surface area contributed by atoms with E-state index in [4.69, 9.17) is 38.7 Å². The van der Waals surface area contributed by atoms with E-state index in [9.17, 15) is 4.79 Å². The Morgan fingerprint density at radius 3 is 2.67 bits per heavy atom. The Bertz CT molecular complexity index is 1140. The summed E-state index contributed by atoms with van der Waals surface area (Å²) in [5.74, 6) is 0.424. The summed E-state index contributed by atoms with van der Waals surface area (Å²) in [5, 5.41) is 4.89. The number of fused-ring (bicyclic) bond motifs is 1. The summed E-state index contributed by atoms with van der Waals surface area (Å²) >= 11 is 13.6. The van der Waals surface area contributed by atoms with Crippen LogP contribution in [-0.2, 0) is 4.74 Å². The van der Waals surface area contributed by atoms with Crippen molar-refractivity contribution < 1.29 is 9.53 Å². The number of amides is 1. The van der Waals surface area contributed by atoms with E-state index >= 15 is 0 Å². The van der Waals surface area contributed by atoms with Crippen molar-refractivity contribution in [3.05, 3.63) is 33.1 Å². The minimum atomic E-state index is -0.101. The maximum absolute atomic E-state index is 13.1. The summed E-state index contributed by atoms with van der Waals surface area (Å²) in [6, 6.07) is 5.71. The third kappa shape index (κ3) is 3.69. The van der Waals surface area contributed by atoms with Crippen LogP contribution < -0.4 is 11.1 Å². The molecule has 2 aromatic heterocycles. The number of nitrogens with zero attached hydrogens (tertiary/aromatic N) is 3. The van der Waals surface area contributed by atoms with Gasteiger partial charge in [-0.1, -0.05) is 29.3 Å². The van der Waals surface area contributed by atoms with Gasteiger partial charge in [0.1, 0.15) is 9.71 Å². The van der Waals surface area contributed by atoms with E-state index in [1.807, 2.05) is 6.07 Å². The van der Waals surface area contributed by atoms with Gasteiger partial charge in [-0.2, -0.15) is 0 Å². The number of nitrogen functional groups attached to an aromatic ring is 1. The number of hydrogen-bond acceptors (Lipinski definition) is 7. The zero-order valence-corrected chi connectivity index (χ0v) is 18.3. The van der Waals surface area contributed by atoms with Crippen LogP contribution in [0.25, 0.3) is 21.5 Å². The van der Waals surface area contributed by atoms with Crippen molar-refractivity contribution in [2.45, 2.75) is 18.9 Å². The van der Waals surface area contributed by atoms with E-state index in [0.29, 0.717) is 74.8 Å². The Balaban J connectivity index is 1.65. The SMILES string of the molecule is Nc1c(C(=O)N2CCOCC2)sc2nc(NC3CC3)nc(-c3ccc(Cl)c(Cl)c3)c12. The smallest absolute Gasteiger partial charge is 0.266 e. The zero-order chi connectivity index (χ0) is 20.8. The van der Waals surface area contributed by atoms with Crippen LogP contribution in [0.1, 0.15) is 22.5 Å². The molecule has 1 amide bonds. The molecule has 0 spiro atoms. The number of carbonyl (C=O) groups excluding carboxylic acids is 1. The van der Waals surface area contributed by atoms with Crippen LogP contribution in [0.4, 0.5) is 11.6 Å². The third-order valence-electron chi connectivity index (χ3n) is 5.18. The molecule has 2 fully saturated rings. The molecular formula is C20H19Cl2N5O2S. The number of rotatable bonds is 4. The molecule has 1 aromatic carbocycles. The van der Waals surface area contributed by atoms with Crippen molar-refractivity contribution in [2.75, 3.05) is 37.4 Å². The molecule has 0 bridgehead atoms. The maximum Gasteiger partial charge on any atom is 0.266 e. The number of morpholine rings is 1. The van der Waals surface area contributed by atoms with Crippen LogP contribution >= 0.6 is 34.5 Å². The standard InChI is InChI=1S/C20H19Cl2N5O2S/c21-12-4-1-10(9-13(12)22)16-14-15(23)17(19(28)27-5-7-29-8-6-27)30-18(14)26-20(25-16)24-11-2-3-11/h1,4,9,11H,2-3,5-8,23H2,(H,24,25,26). The fourth-order valence-corrected chi connectivity index (χ4v) is 4.78. The lowest BCUT2D eigenvalue weighted by atomic mass is 10.1. The normalized spacial score (nSPS) is 16.8. The van der Waals surface area contributed by atoms with Gasteiger partial charge in [0, 0.05) is 24.7 Å². The van der Waals surface area contributed by atoms with Crippen molar-refractivity contribution in [3.63, 3.8) is 0 Å². The van der Waals surface area contributed by atoms with Crippen LogP contribution in [0.2, 0.25) is 10.0 Å². The third-order valence-corrected chi connectivity index (χ3v) is 7.01. The fourth-order valence-electron chi connectivity index (χ4n) is 3.42. The second-order valence-corrected chi connectivity index (χ2v) is 9.19. The fraction of sp³-hybridized carbons (Fsp3) is 0.350. The van der Waals surface area contributed by atoms with Crippen LogP contribution in [0.15, 0.2) is 18.2 Å². The Morgan fingerprint density at radius 1 is 1.20 bits per heavy atom. The molecule has 156 valence electrons. The van der Waals surface area contributed by atoms with E-state index in [2.05, 4.69) is 10.3 Å². The van der Waals surface area contributed by atoms with Gasteiger partial charge in [-0.15, -0.1) is 11.3 Å². The first-order valence-electron chi connectivity index (χ1n) is 9.70. The lowest BCUT2D eigenvalue weighted by Crippen LogP contribution is -2.40. The molecule has 7 nitrogen and oxygen atoms in total. The van der Waals surface area contributed by atoms with Gasteiger partial charge in [0.05, 0.1) is 40.0 Å². The van der Waals surface area contributed by atoms with E-state index < -0.39 is 0 Å². The van der Waals surface area contributed by atoms with Crippen LogP contribution in [0.3, 0.4) is 0 Å². The number of hydrogen-bond donors (Lipinski definition) is 2. The Hall–Kier alpha value is -2.13. The monoisotopic (exact) mass is 463 g/mol. The second kappa shape index (κ2) is 7.85. The number of aromatic nitrogens is 2. The predicted octanol–water partition coefficient (Wildman–Crippen LogP) is 4.29. The molecule has 1 aliphatic carbocycles. The number of halogens is 2. The number of nitrogens with one attached hydrogen (secondary N) is 1. The molecular weight excluding hydrogens is 445 g/mol. The van der Waals surface area contributed by atoms with Gasteiger partial charge in [-0.25, -0.2) is 9.97 Å². The summed E-state index contributed by atoms with van der Waals surface area (Å²) in [5.41, 5.74) is 8.29. The lowest BCUT2D eigenvalue weighted by molar-refractivity contribution is 0.0307. The average molecular weight is 464 g/mol. The molecule has 0 atom stereocenters. The maximum atomic E-state index is 13.1. The molecule has 3 heterocycles. The van der Waals surface area contributed by atoms with E-state index in [1.54, 1.807) is 17.0 Å². The highest BCUT2D eigenvalue weighted by molar-refractivity contribution is 7.21. The summed E-state index contributed by atoms with van der Waals surface area (Å²) < 4.78 is 5.36. The first-order chi connectivity index (χ1) is 14.5. The molecule has 1 saturated carbocycles. The van der Waals surface area contributed by atoms with Gasteiger partial charge in [0.15, 0.2) is 0 Å². The molecule has 2 aliphatic rings. The lowest BCUT2D eigenvalue weighted by Gasteiger charge is -2.26. The highest BCUT2D eigenvalue weighted by Gasteiger charge is 2.28. The Labute approximate surface area is 187 Å². The van der Waals surface area contributed by atoms with Crippen LogP contribution in [-0.4, -0.2) is 53.1 Å². The van der Waals surface area contributed by atoms with Crippen molar-refractivity contribution in [2.24, 2.45) is 0 Å². The average Bonchev–Trinajstić information content (AvgIpc) is 3.51. The van der Waals surface area contributed by atoms with Gasteiger partial charge in [0.25, 0.3) is 5.91 Å². The summed E-state index contributed by atoms with van der Waals surface area (Å²) in [4.78, 5) is 25.4. The quantitative estimate of drug-likeness (QED) is 0.598. The van der Waals surface area contributed by atoms with E-state index in [0.717, 1.165) is 18.4 Å². The Kier molecular flexibility index (Phi) is 5.18. The topological polar surface area (TPSA) is 93.4 Å². The number of benzene rings is 1. The van der Waals surface area contributed by atoms with Gasteiger partial charge in [-0.3, -0.25) is 4.79 Å². The van der Waals surface area contributed by atoms with Gasteiger partial charge >= 0.3 is 0 Å². The Morgan fingerprint density at radius 2 is 1.97 bits per heavy atom. The summed E-state index contributed by atoms with van der Waals surface area (Å²) in [7, 11) is 0. The number of nitrogens with two attached hydrogens (primary N) is 1. The molecule has 5 rings (SSSR count). The van der Waals surface area contributed by atoms with Crippen LogP contribution in [0.5, 0.6) is 0 Å². The highest BCUT2D eigenvalue weighted by Crippen LogP contribution is 2.41. The molecule has 1 saturated heterocycles. The molecule has 0 radical (unpaired) electrons. The van der Waals surface area contributed by atoms with Gasteiger partial charge in [-0.05, 0) is 25.0 Å². The largest absolute Gasteiger partial charge is 0.397 e. The van der Waals surface area contributed by atoms with Crippen molar-refractivity contribution in [1.82, 2.24) is 14.9 Å². The molecule has 3 aromatic rings. The van der Waals surface area contributed by atoms with E-state index in [-0.39, 0.29) is 5.91 Å². The number of ether oxygens (including phenoxy) is 1. The van der Waals surface area contributed by atoms with E-state index in [1.165, 1.54) is 11.3 Å². The summed E-state index contributed by atoms with van der Waals surface area (Å²) in [6.07, 6.45) is 2.19. The van der Waals surface area contributed by atoms with Gasteiger partial charge < -0.3 is 20.7 Å². The first kappa shape index (κ1) is 19.8. The summed E-state index contributed by atoms with van der Waals surface area (Å²) in [6.45, 7) is 2.15. The molecule has 0 unspecified atom stereocenters. The minimum Gasteiger partial charge on any atom is -0.397 e. The zero-order valence-electron chi connectivity index (χ0n) is 16.0. The number of anilines is 2. The van der Waals surface area contributed by atoms with Crippen molar-refractivity contribution in [3.8, 4) is 11.3 Å². The highest BCUT2D eigenvalue weighted by atomic mass is 35.5. The van der Waals surface area contributed by atoms with Crippen LogP contribution in [0, 0.1) is 0 Å².